The molecule has 10 heteroatoms. The second kappa shape index (κ2) is 11.6. The summed E-state index contributed by atoms with van der Waals surface area (Å²) in [6.07, 6.45) is 2.79. The van der Waals surface area contributed by atoms with Crippen molar-refractivity contribution in [3.63, 3.8) is 0 Å². The first-order valence-electron chi connectivity index (χ1n) is 9.11. The molecule has 3 aromatic rings. The zero-order valence-electron chi connectivity index (χ0n) is 16.5. The van der Waals surface area contributed by atoms with E-state index >= 15 is 0 Å². The molecule has 166 valence electrons. The number of aromatic nitrogens is 2. The highest BCUT2D eigenvalue weighted by atomic mass is 35.5. The molecule has 7 nitrogen and oxygen atoms in total. The van der Waals surface area contributed by atoms with Crippen molar-refractivity contribution in [1.29, 1.82) is 0 Å². The SMILES string of the molecule is Cl.Nc1ncc(C#Cc2cc(OC(F)F)ccc2C(=O)N[C@H](CO)c2ccccc2)cn1. The average molecular weight is 461 g/mol. The number of aliphatic hydroxyl groups excluding tert-OH is 1. The van der Waals surface area contributed by atoms with Crippen LogP contribution in [0, 0.1) is 11.8 Å². The Bertz CT molecular complexity index is 1100. The molecule has 0 radical (unpaired) electrons. The zero-order valence-corrected chi connectivity index (χ0v) is 17.4. The number of rotatable bonds is 6. The van der Waals surface area contributed by atoms with Gasteiger partial charge in [-0.3, -0.25) is 4.79 Å². The molecule has 0 aliphatic carbocycles. The van der Waals surface area contributed by atoms with Crippen molar-refractivity contribution in [1.82, 2.24) is 15.3 Å². The number of anilines is 1. The number of nitrogen functional groups attached to an aromatic ring is 1. The van der Waals surface area contributed by atoms with Crippen LogP contribution in [0.2, 0.25) is 0 Å². The number of ether oxygens (including phenoxy) is 1. The molecule has 1 amide bonds. The fraction of sp³-hybridized carbons (Fsp3) is 0.136. The number of carbonyl (C=O) groups is 1. The van der Waals surface area contributed by atoms with Gasteiger partial charge in [-0.25, -0.2) is 9.97 Å². The summed E-state index contributed by atoms with van der Waals surface area (Å²) in [7, 11) is 0. The minimum Gasteiger partial charge on any atom is -0.435 e. The summed E-state index contributed by atoms with van der Waals surface area (Å²) in [5, 5.41) is 12.4. The maximum absolute atomic E-state index is 12.9. The Kier molecular flexibility index (Phi) is 8.89. The van der Waals surface area contributed by atoms with Crippen LogP contribution < -0.4 is 15.8 Å². The molecule has 1 aromatic heterocycles. The molecule has 0 aliphatic rings. The third-order valence-corrected chi connectivity index (χ3v) is 4.16. The lowest BCUT2D eigenvalue weighted by Gasteiger charge is -2.17. The highest BCUT2D eigenvalue weighted by molar-refractivity contribution is 5.97. The van der Waals surface area contributed by atoms with Gasteiger partial charge < -0.3 is 20.9 Å². The average Bonchev–Trinajstić information content (AvgIpc) is 2.77. The number of benzene rings is 2. The number of hydrogen-bond donors (Lipinski definition) is 3. The van der Waals surface area contributed by atoms with Gasteiger partial charge in [0.1, 0.15) is 5.75 Å². The molecule has 0 bridgehead atoms. The standard InChI is InChI=1S/C22H18F2N4O3.ClH/c23-21(24)31-17-8-9-18(16(10-17)7-6-14-11-26-22(25)27-12-14)20(30)28-19(13-29)15-4-2-1-3-5-15;/h1-5,8-12,19,21,29H,13H2,(H,28,30)(H2,25,26,27);1H/t19-;/m1./s1. The lowest BCUT2D eigenvalue weighted by atomic mass is 10.0. The van der Waals surface area contributed by atoms with Gasteiger partial charge >= 0.3 is 6.61 Å². The Morgan fingerprint density at radius 2 is 1.81 bits per heavy atom. The second-order valence-electron chi connectivity index (χ2n) is 6.29. The van der Waals surface area contributed by atoms with Gasteiger partial charge in [-0.15, -0.1) is 12.4 Å². The van der Waals surface area contributed by atoms with Crippen LogP contribution in [-0.4, -0.2) is 34.2 Å². The molecule has 4 N–H and O–H groups in total. The molecule has 0 saturated carbocycles. The normalized spacial score (nSPS) is 11.0. The monoisotopic (exact) mass is 460 g/mol. The highest BCUT2D eigenvalue weighted by Crippen LogP contribution is 2.21. The van der Waals surface area contributed by atoms with Crippen LogP contribution in [0.1, 0.15) is 33.1 Å². The molecule has 0 fully saturated rings. The third kappa shape index (κ3) is 6.63. The van der Waals surface area contributed by atoms with E-state index in [2.05, 4.69) is 31.9 Å². The highest BCUT2D eigenvalue weighted by Gasteiger charge is 2.18. The Balaban J connectivity index is 0.00000363. The summed E-state index contributed by atoms with van der Waals surface area (Å²) in [5.41, 5.74) is 6.84. The first-order valence-corrected chi connectivity index (χ1v) is 9.11. The summed E-state index contributed by atoms with van der Waals surface area (Å²) >= 11 is 0. The first kappa shape index (κ1) is 24.5. The van der Waals surface area contributed by atoms with Crippen LogP contribution in [0.25, 0.3) is 0 Å². The fourth-order valence-corrected chi connectivity index (χ4v) is 2.70. The van der Waals surface area contributed by atoms with E-state index in [1.54, 1.807) is 24.3 Å². The van der Waals surface area contributed by atoms with Crippen molar-refractivity contribution < 1.29 is 23.4 Å². The van der Waals surface area contributed by atoms with Crippen molar-refractivity contribution in [3.05, 3.63) is 83.2 Å². The van der Waals surface area contributed by atoms with Gasteiger partial charge in [0, 0.05) is 18.0 Å². The first-order chi connectivity index (χ1) is 15.0. The van der Waals surface area contributed by atoms with E-state index in [4.69, 9.17) is 5.73 Å². The number of nitrogens with one attached hydrogen (secondary N) is 1. The molecule has 0 saturated heterocycles. The van der Waals surface area contributed by atoms with Gasteiger partial charge in [0.15, 0.2) is 0 Å². The number of amides is 1. The molecule has 3 rings (SSSR count). The largest absolute Gasteiger partial charge is 0.435 e. The van der Waals surface area contributed by atoms with E-state index in [-0.39, 0.29) is 41.8 Å². The maximum Gasteiger partial charge on any atom is 0.387 e. The molecule has 1 atom stereocenters. The number of nitrogens with two attached hydrogens (primary N) is 1. The smallest absolute Gasteiger partial charge is 0.387 e. The predicted octanol–water partition coefficient (Wildman–Crippen LogP) is 2.95. The van der Waals surface area contributed by atoms with E-state index in [0.717, 1.165) is 0 Å². The molecular weight excluding hydrogens is 442 g/mol. The van der Waals surface area contributed by atoms with Crippen LogP contribution in [-0.2, 0) is 0 Å². The number of alkyl halides is 2. The Morgan fingerprint density at radius 3 is 2.44 bits per heavy atom. The van der Waals surface area contributed by atoms with Gasteiger partial charge in [-0.05, 0) is 23.8 Å². The number of nitrogens with zero attached hydrogens (tertiary/aromatic N) is 2. The van der Waals surface area contributed by atoms with Crippen LogP contribution >= 0.6 is 12.4 Å². The zero-order chi connectivity index (χ0) is 22.2. The molecule has 2 aromatic carbocycles. The second-order valence-corrected chi connectivity index (χ2v) is 6.29. The summed E-state index contributed by atoms with van der Waals surface area (Å²) in [4.78, 5) is 20.5. The van der Waals surface area contributed by atoms with Crippen molar-refractivity contribution >= 4 is 24.3 Å². The van der Waals surface area contributed by atoms with Crippen molar-refractivity contribution in [2.24, 2.45) is 0 Å². The van der Waals surface area contributed by atoms with E-state index in [1.165, 1.54) is 30.6 Å². The Labute approximate surface area is 189 Å². The van der Waals surface area contributed by atoms with Crippen LogP contribution in [0.4, 0.5) is 14.7 Å². The molecule has 32 heavy (non-hydrogen) atoms. The summed E-state index contributed by atoms with van der Waals surface area (Å²) < 4.78 is 29.6. The predicted molar refractivity (Wildman–Crippen MR) is 116 cm³/mol. The lowest BCUT2D eigenvalue weighted by molar-refractivity contribution is -0.0498. The molecule has 0 unspecified atom stereocenters. The minimum absolute atomic E-state index is 0. The quantitative estimate of drug-likeness (QED) is 0.488. The maximum atomic E-state index is 12.9. The van der Waals surface area contributed by atoms with E-state index in [9.17, 15) is 18.7 Å². The van der Waals surface area contributed by atoms with Crippen LogP contribution in [0.15, 0.2) is 60.9 Å². The molecule has 0 aliphatic heterocycles. The van der Waals surface area contributed by atoms with Crippen molar-refractivity contribution in [2.75, 3.05) is 12.3 Å². The fourth-order valence-electron chi connectivity index (χ4n) is 2.70. The van der Waals surface area contributed by atoms with Gasteiger partial charge in [0.2, 0.25) is 5.95 Å². The van der Waals surface area contributed by atoms with Gasteiger partial charge in [0.05, 0.1) is 23.8 Å². The minimum atomic E-state index is -3.03. The van der Waals surface area contributed by atoms with E-state index in [1.807, 2.05) is 6.07 Å². The summed E-state index contributed by atoms with van der Waals surface area (Å²) in [6.45, 7) is -3.35. The Hall–Kier alpha value is -3.74. The van der Waals surface area contributed by atoms with Gasteiger partial charge in [-0.1, -0.05) is 42.2 Å². The van der Waals surface area contributed by atoms with E-state index in [0.29, 0.717) is 11.1 Å². The molecule has 0 spiro atoms. The molecule has 1 heterocycles. The summed E-state index contributed by atoms with van der Waals surface area (Å²) in [6, 6.07) is 12.1. The van der Waals surface area contributed by atoms with Crippen molar-refractivity contribution in [2.45, 2.75) is 12.7 Å². The van der Waals surface area contributed by atoms with Crippen molar-refractivity contribution in [3.8, 4) is 17.6 Å². The third-order valence-electron chi connectivity index (χ3n) is 4.16. The number of hydrogen-bond acceptors (Lipinski definition) is 6. The van der Waals surface area contributed by atoms with Gasteiger partial charge in [0.25, 0.3) is 5.91 Å². The van der Waals surface area contributed by atoms with Crippen LogP contribution in [0.5, 0.6) is 5.75 Å². The molecular formula is C22H19ClF2N4O3. The topological polar surface area (TPSA) is 110 Å². The van der Waals surface area contributed by atoms with E-state index < -0.39 is 18.6 Å². The number of carbonyl (C=O) groups excluding carboxylic acids is 1. The Morgan fingerprint density at radius 1 is 1.12 bits per heavy atom. The lowest BCUT2D eigenvalue weighted by Crippen LogP contribution is -2.31. The summed E-state index contributed by atoms with van der Waals surface area (Å²) in [5.74, 6) is 4.91. The van der Waals surface area contributed by atoms with Crippen LogP contribution in [0.3, 0.4) is 0 Å². The number of aliphatic hydroxyl groups is 1. The van der Waals surface area contributed by atoms with Gasteiger partial charge in [-0.2, -0.15) is 8.78 Å². The number of halogens is 3.